The van der Waals surface area contributed by atoms with Crippen LogP contribution in [0, 0.1) is 6.92 Å². The molecule has 6 heteroatoms. The number of methoxy groups -OCH3 is 1. The molecule has 2 aromatic carbocycles. The fraction of sp³-hybridized carbons (Fsp3) is 0.310. The van der Waals surface area contributed by atoms with Crippen molar-refractivity contribution >= 4 is 29.2 Å². The Morgan fingerprint density at radius 2 is 1.86 bits per heavy atom. The van der Waals surface area contributed by atoms with Crippen LogP contribution in [-0.4, -0.2) is 55.0 Å². The fourth-order valence-corrected chi connectivity index (χ4v) is 5.48. The largest absolute Gasteiger partial charge is 0.385 e. The van der Waals surface area contributed by atoms with Crippen LogP contribution in [0.5, 0.6) is 0 Å². The number of fused-ring (bicyclic) bond motifs is 1. The summed E-state index contributed by atoms with van der Waals surface area (Å²) in [4.78, 5) is 31.8. The first-order chi connectivity index (χ1) is 17.1. The lowest BCUT2D eigenvalue weighted by Gasteiger charge is -2.38. The smallest absolute Gasteiger partial charge is 0.247 e. The van der Waals surface area contributed by atoms with E-state index in [1.165, 1.54) is 10.4 Å². The highest BCUT2D eigenvalue weighted by Gasteiger charge is 2.34. The molecule has 2 heterocycles. The van der Waals surface area contributed by atoms with Gasteiger partial charge in [0.15, 0.2) is 0 Å². The van der Waals surface area contributed by atoms with Crippen LogP contribution >= 0.6 is 11.3 Å². The maximum atomic E-state index is 13.7. The molecule has 2 amide bonds. The summed E-state index contributed by atoms with van der Waals surface area (Å²) in [6.07, 6.45) is 4.86. The van der Waals surface area contributed by atoms with Crippen LogP contribution in [0.25, 0.3) is 6.08 Å². The van der Waals surface area contributed by atoms with E-state index in [0.29, 0.717) is 26.1 Å². The molecule has 4 rings (SSSR count). The quantitative estimate of drug-likeness (QED) is 0.311. The van der Waals surface area contributed by atoms with Crippen molar-refractivity contribution in [1.82, 2.24) is 9.80 Å². The number of thiophene rings is 1. The fourth-order valence-electron chi connectivity index (χ4n) is 4.57. The molecule has 1 aliphatic heterocycles. The summed E-state index contributed by atoms with van der Waals surface area (Å²) in [5.74, 6) is -0.201. The monoisotopic (exact) mass is 488 g/mol. The van der Waals surface area contributed by atoms with Gasteiger partial charge in [-0.25, -0.2) is 0 Å². The topological polar surface area (TPSA) is 49.9 Å². The molecule has 0 saturated heterocycles. The Balaban J connectivity index is 1.56. The Kier molecular flexibility index (Phi) is 8.50. The van der Waals surface area contributed by atoms with Crippen molar-refractivity contribution < 1.29 is 14.3 Å². The number of carbonyl (C=O) groups excluding carboxylic acids is 2. The molecule has 5 nitrogen and oxygen atoms in total. The van der Waals surface area contributed by atoms with Gasteiger partial charge >= 0.3 is 0 Å². The summed E-state index contributed by atoms with van der Waals surface area (Å²) < 4.78 is 5.19. The van der Waals surface area contributed by atoms with E-state index in [2.05, 4.69) is 30.5 Å². The highest BCUT2D eigenvalue weighted by molar-refractivity contribution is 7.10. The molecule has 3 aromatic rings. The zero-order chi connectivity index (χ0) is 24.6. The number of carbonyl (C=O) groups is 2. The minimum absolute atomic E-state index is 0.0334. The first-order valence-electron chi connectivity index (χ1n) is 12.0. The van der Waals surface area contributed by atoms with Gasteiger partial charge in [-0.1, -0.05) is 54.6 Å². The molecule has 0 aliphatic carbocycles. The molecule has 1 aliphatic rings. The molecule has 1 atom stereocenters. The van der Waals surface area contributed by atoms with Crippen LogP contribution in [0.15, 0.2) is 72.1 Å². The third-order valence-electron chi connectivity index (χ3n) is 6.40. The first kappa shape index (κ1) is 24.9. The first-order valence-corrected chi connectivity index (χ1v) is 12.9. The van der Waals surface area contributed by atoms with Crippen LogP contribution in [0.4, 0.5) is 0 Å². The lowest BCUT2D eigenvalue weighted by atomic mass is 9.90. The van der Waals surface area contributed by atoms with Gasteiger partial charge in [0.25, 0.3) is 0 Å². The number of hydrogen-bond acceptors (Lipinski definition) is 4. The number of hydrogen-bond donors (Lipinski definition) is 0. The van der Waals surface area contributed by atoms with E-state index in [0.717, 1.165) is 23.1 Å². The molecule has 0 fully saturated rings. The van der Waals surface area contributed by atoms with Crippen molar-refractivity contribution in [2.45, 2.75) is 25.8 Å². The van der Waals surface area contributed by atoms with Crippen molar-refractivity contribution in [3.63, 3.8) is 0 Å². The molecule has 1 unspecified atom stereocenters. The van der Waals surface area contributed by atoms with Gasteiger partial charge in [0, 0.05) is 37.8 Å². The Hall–Kier alpha value is -3.22. The molecule has 182 valence electrons. The summed E-state index contributed by atoms with van der Waals surface area (Å²) >= 11 is 1.75. The number of rotatable bonds is 9. The number of benzene rings is 2. The molecule has 0 N–H and O–H groups in total. The molecule has 0 spiro atoms. The third kappa shape index (κ3) is 6.08. The second-order valence-electron chi connectivity index (χ2n) is 8.75. The number of amides is 2. The van der Waals surface area contributed by atoms with Crippen molar-refractivity contribution in [2.75, 3.05) is 33.4 Å². The van der Waals surface area contributed by atoms with E-state index >= 15 is 0 Å². The molecule has 0 radical (unpaired) electrons. The van der Waals surface area contributed by atoms with Crippen LogP contribution < -0.4 is 0 Å². The number of ether oxygens (including phenoxy) is 1. The minimum atomic E-state index is -0.168. The predicted octanol–water partition coefficient (Wildman–Crippen LogP) is 5.11. The van der Waals surface area contributed by atoms with Gasteiger partial charge in [0.05, 0.1) is 6.04 Å². The molecule has 0 saturated carbocycles. The second-order valence-corrected chi connectivity index (χ2v) is 9.75. The van der Waals surface area contributed by atoms with Gasteiger partial charge < -0.3 is 14.5 Å². The Labute approximate surface area is 211 Å². The molecule has 35 heavy (non-hydrogen) atoms. The number of aryl methyl sites for hydroxylation is 1. The van der Waals surface area contributed by atoms with E-state index < -0.39 is 0 Å². The van der Waals surface area contributed by atoms with E-state index in [1.54, 1.807) is 35.5 Å². The van der Waals surface area contributed by atoms with Gasteiger partial charge in [-0.15, -0.1) is 11.3 Å². The SMILES string of the molecule is COCCCN(CC(=O)N1CCc2sccc2C1c1ccccc1C)C(=O)C=Cc1ccccc1. The van der Waals surface area contributed by atoms with Gasteiger partial charge in [0.1, 0.15) is 6.54 Å². The molecule has 0 bridgehead atoms. The molecule has 1 aromatic heterocycles. The van der Waals surface area contributed by atoms with E-state index in [9.17, 15) is 9.59 Å². The lowest BCUT2D eigenvalue weighted by molar-refractivity contribution is -0.139. The summed E-state index contributed by atoms with van der Waals surface area (Å²) in [5.41, 5.74) is 4.45. The van der Waals surface area contributed by atoms with E-state index in [-0.39, 0.29) is 24.4 Å². The second kappa shape index (κ2) is 12.0. The van der Waals surface area contributed by atoms with Gasteiger partial charge in [-0.05, 0) is 59.5 Å². The minimum Gasteiger partial charge on any atom is -0.385 e. The maximum absolute atomic E-state index is 13.7. The van der Waals surface area contributed by atoms with Crippen LogP contribution in [0.3, 0.4) is 0 Å². The zero-order valence-electron chi connectivity index (χ0n) is 20.4. The molecular formula is C29H32N2O3S. The average molecular weight is 489 g/mol. The van der Waals surface area contributed by atoms with Gasteiger partial charge in [-0.3, -0.25) is 9.59 Å². The highest BCUT2D eigenvalue weighted by Crippen LogP contribution is 2.39. The standard InChI is InChI=1S/C29H32N2O3S/c1-22-9-6-7-12-24(22)29-25-16-20-35-26(25)15-18-31(29)28(33)21-30(17-8-19-34-2)27(32)14-13-23-10-4-3-5-11-23/h3-7,9-14,16,20,29H,8,15,17-19,21H2,1-2H3. The lowest BCUT2D eigenvalue weighted by Crippen LogP contribution is -2.47. The third-order valence-corrected chi connectivity index (χ3v) is 7.40. The van der Waals surface area contributed by atoms with E-state index in [1.807, 2.05) is 47.4 Å². The van der Waals surface area contributed by atoms with Crippen LogP contribution in [0.1, 0.15) is 39.6 Å². The highest BCUT2D eigenvalue weighted by atomic mass is 32.1. The van der Waals surface area contributed by atoms with Crippen molar-refractivity contribution in [2.24, 2.45) is 0 Å². The Morgan fingerprint density at radius 1 is 1.09 bits per heavy atom. The maximum Gasteiger partial charge on any atom is 0.247 e. The normalized spacial score (nSPS) is 15.3. The Bertz CT molecular complexity index is 1170. The van der Waals surface area contributed by atoms with Crippen LogP contribution in [0.2, 0.25) is 0 Å². The average Bonchev–Trinajstić information content (AvgIpc) is 3.36. The molecular weight excluding hydrogens is 456 g/mol. The van der Waals surface area contributed by atoms with Gasteiger partial charge in [-0.2, -0.15) is 0 Å². The van der Waals surface area contributed by atoms with E-state index in [4.69, 9.17) is 4.74 Å². The summed E-state index contributed by atoms with van der Waals surface area (Å²) in [6.45, 7) is 3.78. The zero-order valence-corrected chi connectivity index (χ0v) is 21.2. The van der Waals surface area contributed by atoms with Crippen molar-refractivity contribution in [3.8, 4) is 0 Å². The van der Waals surface area contributed by atoms with Crippen molar-refractivity contribution in [1.29, 1.82) is 0 Å². The van der Waals surface area contributed by atoms with Crippen LogP contribution in [-0.2, 0) is 20.7 Å². The summed E-state index contributed by atoms with van der Waals surface area (Å²) in [6, 6.07) is 20.0. The Morgan fingerprint density at radius 3 is 2.63 bits per heavy atom. The summed E-state index contributed by atoms with van der Waals surface area (Å²) in [5, 5.41) is 2.11. The van der Waals surface area contributed by atoms with Gasteiger partial charge in [0.2, 0.25) is 11.8 Å². The van der Waals surface area contributed by atoms with Crippen molar-refractivity contribution in [3.05, 3.63) is 99.3 Å². The number of nitrogens with zero attached hydrogens (tertiary/aromatic N) is 2. The predicted molar refractivity (Wildman–Crippen MR) is 141 cm³/mol. The summed E-state index contributed by atoms with van der Waals surface area (Å²) in [7, 11) is 1.64.